The van der Waals surface area contributed by atoms with Gasteiger partial charge in [-0.15, -0.1) is 6.58 Å². The summed E-state index contributed by atoms with van der Waals surface area (Å²) in [5.74, 6) is 0. The van der Waals surface area contributed by atoms with Crippen molar-refractivity contribution in [3.8, 4) is 0 Å². The summed E-state index contributed by atoms with van der Waals surface area (Å²) in [6.07, 6.45) is 5.78. The third-order valence-electron chi connectivity index (χ3n) is 0.686. The molecule has 1 nitrogen and oxygen atoms in total. The Morgan fingerprint density at radius 2 is 2.00 bits per heavy atom. The molecule has 1 atom stereocenters. The summed E-state index contributed by atoms with van der Waals surface area (Å²) in [6, 6.07) is 0. The normalized spacial score (nSPS) is 13.6. The zero-order valence-electron chi connectivity index (χ0n) is 4.75. The highest BCUT2D eigenvalue weighted by Crippen LogP contribution is 1.84. The molecule has 0 aliphatic rings. The summed E-state index contributed by atoms with van der Waals surface area (Å²) in [4.78, 5) is 0. The largest absolute Gasteiger partial charge is 0.385 e. The predicted octanol–water partition coefficient (Wildman–Crippen LogP) is 1.28. The second kappa shape index (κ2) is 4.34. The molecule has 0 fully saturated rings. The Labute approximate surface area is 49.7 Å². The van der Waals surface area contributed by atoms with Gasteiger partial charge in [0.25, 0.3) is 0 Å². The van der Waals surface area contributed by atoms with Crippen LogP contribution in [0.4, 0.5) is 0 Å². The number of aliphatic hydroxyl groups is 1. The van der Waals surface area contributed by atoms with Crippen LogP contribution in [-0.4, -0.2) is 11.2 Å². The van der Waals surface area contributed by atoms with Gasteiger partial charge in [-0.3, -0.25) is 0 Å². The van der Waals surface area contributed by atoms with E-state index in [1.54, 1.807) is 18.2 Å². The minimum absolute atomic E-state index is 0.534. The third kappa shape index (κ3) is 3.37. The molecule has 0 amide bonds. The lowest BCUT2D eigenvalue weighted by molar-refractivity contribution is 0.272. The molecule has 0 saturated carbocycles. The maximum absolute atomic E-state index is 8.74. The molecule has 0 aromatic rings. The summed E-state index contributed by atoms with van der Waals surface area (Å²) in [5, 5.41) is 8.74. The quantitative estimate of drug-likeness (QED) is 0.428. The lowest BCUT2D eigenvalue weighted by Crippen LogP contribution is -1.93. The molecule has 0 aliphatic heterocycles. The summed E-state index contributed by atoms with van der Waals surface area (Å²) in [7, 11) is 0. The van der Waals surface area contributed by atoms with Crippen molar-refractivity contribution in [2.45, 2.75) is 6.10 Å². The van der Waals surface area contributed by atoms with Crippen LogP contribution in [0.1, 0.15) is 0 Å². The van der Waals surface area contributed by atoms with E-state index in [0.29, 0.717) is 0 Å². The minimum atomic E-state index is -0.534. The SMILES string of the molecule is C=CC=CC(O)C=C. The van der Waals surface area contributed by atoms with Crippen molar-refractivity contribution >= 4 is 0 Å². The van der Waals surface area contributed by atoms with Crippen LogP contribution in [0, 0.1) is 0 Å². The van der Waals surface area contributed by atoms with Crippen LogP contribution < -0.4 is 0 Å². The zero-order chi connectivity index (χ0) is 6.41. The van der Waals surface area contributed by atoms with Crippen molar-refractivity contribution < 1.29 is 5.11 Å². The lowest BCUT2D eigenvalue weighted by Gasteiger charge is -1.90. The maximum Gasteiger partial charge on any atom is 0.0903 e. The highest BCUT2D eigenvalue weighted by atomic mass is 16.3. The molecule has 0 aromatic carbocycles. The molecule has 0 aromatic heterocycles. The van der Waals surface area contributed by atoms with Crippen LogP contribution in [0.25, 0.3) is 0 Å². The smallest absolute Gasteiger partial charge is 0.0903 e. The van der Waals surface area contributed by atoms with E-state index in [9.17, 15) is 0 Å². The van der Waals surface area contributed by atoms with Gasteiger partial charge in [0.05, 0.1) is 6.10 Å². The van der Waals surface area contributed by atoms with Gasteiger partial charge in [0, 0.05) is 0 Å². The third-order valence-corrected chi connectivity index (χ3v) is 0.686. The Kier molecular flexibility index (Phi) is 3.90. The van der Waals surface area contributed by atoms with Gasteiger partial charge in [-0.25, -0.2) is 0 Å². The van der Waals surface area contributed by atoms with Crippen molar-refractivity contribution in [3.63, 3.8) is 0 Å². The van der Waals surface area contributed by atoms with Crippen molar-refractivity contribution in [1.29, 1.82) is 0 Å². The average molecular weight is 110 g/mol. The van der Waals surface area contributed by atoms with Crippen LogP contribution >= 0.6 is 0 Å². The highest BCUT2D eigenvalue weighted by molar-refractivity contribution is 5.04. The molecule has 1 unspecified atom stereocenters. The fourth-order valence-electron chi connectivity index (χ4n) is 0.271. The van der Waals surface area contributed by atoms with Gasteiger partial charge in [-0.1, -0.05) is 30.9 Å². The van der Waals surface area contributed by atoms with E-state index in [1.807, 2.05) is 0 Å². The molecular formula is C7H10O. The Hall–Kier alpha value is -0.820. The van der Waals surface area contributed by atoms with Gasteiger partial charge in [-0.2, -0.15) is 0 Å². The minimum Gasteiger partial charge on any atom is -0.385 e. The summed E-state index contributed by atoms with van der Waals surface area (Å²) in [5.41, 5.74) is 0. The summed E-state index contributed by atoms with van der Waals surface area (Å²) < 4.78 is 0. The van der Waals surface area contributed by atoms with Crippen LogP contribution in [0.5, 0.6) is 0 Å². The van der Waals surface area contributed by atoms with E-state index >= 15 is 0 Å². The monoisotopic (exact) mass is 110 g/mol. The molecule has 1 N–H and O–H groups in total. The van der Waals surface area contributed by atoms with Gasteiger partial charge >= 0.3 is 0 Å². The van der Waals surface area contributed by atoms with Crippen molar-refractivity contribution in [2.75, 3.05) is 0 Å². The average Bonchev–Trinajstić information content (AvgIpc) is 1.83. The topological polar surface area (TPSA) is 20.2 Å². The van der Waals surface area contributed by atoms with Crippen LogP contribution in [0.3, 0.4) is 0 Å². The molecule has 0 heterocycles. The van der Waals surface area contributed by atoms with Crippen LogP contribution in [0.2, 0.25) is 0 Å². The van der Waals surface area contributed by atoms with Crippen molar-refractivity contribution in [2.24, 2.45) is 0 Å². The van der Waals surface area contributed by atoms with E-state index in [1.165, 1.54) is 6.08 Å². The molecule has 0 radical (unpaired) electrons. The molecule has 44 valence electrons. The van der Waals surface area contributed by atoms with Crippen molar-refractivity contribution in [3.05, 3.63) is 37.5 Å². The van der Waals surface area contributed by atoms with E-state index in [-0.39, 0.29) is 0 Å². The second-order valence-corrected chi connectivity index (χ2v) is 1.35. The first-order chi connectivity index (χ1) is 3.81. The van der Waals surface area contributed by atoms with E-state index in [2.05, 4.69) is 13.2 Å². The van der Waals surface area contributed by atoms with Gasteiger partial charge in [0.1, 0.15) is 0 Å². The molecule has 0 spiro atoms. The Morgan fingerprint density at radius 3 is 2.38 bits per heavy atom. The van der Waals surface area contributed by atoms with Crippen LogP contribution in [-0.2, 0) is 0 Å². The summed E-state index contributed by atoms with van der Waals surface area (Å²) >= 11 is 0. The number of hydrogen-bond donors (Lipinski definition) is 1. The fourth-order valence-corrected chi connectivity index (χ4v) is 0.271. The number of rotatable bonds is 3. The highest BCUT2D eigenvalue weighted by Gasteiger charge is 1.83. The second-order valence-electron chi connectivity index (χ2n) is 1.35. The zero-order valence-corrected chi connectivity index (χ0v) is 4.75. The number of aliphatic hydroxyl groups excluding tert-OH is 1. The van der Waals surface area contributed by atoms with Crippen LogP contribution in [0.15, 0.2) is 37.5 Å². The number of hydrogen-bond acceptors (Lipinski definition) is 1. The first-order valence-corrected chi connectivity index (χ1v) is 2.41. The molecule has 1 heteroatoms. The molecule has 0 bridgehead atoms. The maximum atomic E-state index is 8.74. The van der Waals surface area contributed by atoms with E-state index < -0.39 is 6.10 Å². The Bertz CT molecular complexity index is 103. The molecule has 0 saturated heterocycles. The van der Waals surface area contributed by atoms with E-state index in [4.69, 9.17) is 5.11 Å². The summed E-state index contributed by atoms with van der Waals surface area (Å²) in [6.45, 7) is 6.81. The van der Waals surface area contributed by atoms with E-state index in [0.717, 1.165) is 0 Å². The number of allylic oxidation sites excluding steroid dienone is 2. The molecule has 0 aliphatic carbocycles. The first-order valence-electron chi connectivity index (χ1n) is 2.41. The van der Waals surface area contributed by atoms with Gasteiger partial charge in [0.15, 0.2) is 0 Å². The first kappa shape index (κ1) is 7.18. The Balaban J connectivity index is 3.50. The van der Waals surface area contributed by atoms with Crippen molar-refractivity contribution in [1.82, 2.24) is 0 Å². The van der Waals surface area contributed by atoms with Gasteiger partial charge in [0.2, 0.25) is 0 Å². The molecule has 0 rings (SSSR count). The fraction of sp³-hybridized carbons (Fsp3) is 0.143. The molecular weight excluding hydrogens is 100 g/mol. The van der Waals surface area contributed by atoms with Gasteiger partial charge in [-0.05, 0) is 0 Å². The van der Waals surface area contributed by atoms with Gasteiger partial charge < -0.3 is 5.11 Å². The Morgan fingerprint density at radius 1 is 1.38 bits per heavy atom. The standard InChI is InChI=1S/C7H10O/c1-3-5-6-7(8)4-2/h3-8H,1-2H2. The predicted molar refractivity (Wildman–Crippen MR) is 35.5 cm³/mol. The lowest BCUT2D eigenvalue weighted by atomic mass is 10.3. The molecule has 8 heavy (non-hydrogen) atoms.